The number of fused-ring (bicyclic) bond motifs is 1. The normalized spacial score (nSPS) is 10.8. The molecule has 0 saturated heterocycles. The number of hydrogen-bond acceptors (Lipinski definition) is 3. The largest absolute Gasteiger partial charge is 0.497 e. The second kappa shape index (κ2) is 5.85. The van der Waals surface area contributed by atoms with Gasteiger partial charge in [0, 0.05) is 3.57 Å². The number of halogens is 1. The van der Waals surface area contributed by atoms with E-state index in [2.05, 4.69) is 27.6 Å². The van der Waals surface area contributed by atoms with Crippen LogP contribution in [0.4, 0.5) is 0 Å². The minimum absolute atomic E-state index is 0.0191. The smallest absolute Gasteiger partial charge is 0.261 e. The van der Waals surface area contributed by atoms with Crippen LogP contribution in [0.15, 0.2) is 53.6 Å². The van der Waals surface area contributed by atoms with E-state index in [0.717, 1.165) is 20.4 Å². The van der Waals surface area contributed by atoms with Gasteiger partial charge < -0.3 is 4.74 Å². The van der Waals surface area contributed by atoms with E-state index >= 15 is 0 Å². The fourth-order valence-electron chi connectivity index (χ4n) is 2.17. The first-order chi connectivity index (χ1) is 10.2. The van der Waals surface area contributed by atoms with Crippen molar-refractivity contribution in [2.24, 2.45) is 0 Å². The molecule has 0 atom stereocenters. The summed E-state index contributed by atoms with van der Waals surface area (Å²) in [5, 5.41) is 0.651. The van der Waals surface area contributed by atoms with Crippen LogP contribution in [0.1, 0.15) is 5.56 Å². The zero-order valence-corrected chi connectivity index (χ0v) is 13.6. The van der Waals surface area contributed by atoms with E-state index in [1.807, 2.05) is 42.5 Å². The summed E-state index contributed by atoms with van der Waals surface area (Å²) in [5.41, 5.74) is 1.74. The standard InChI is InChI=1S/C16H13IN2O2/c1-21-13-5-2-11(3-6-13)9-19-10-18-15-7-4-12(17)8-14(15)16(19)20/h2-8,10H,9H2,1H3. The third kappa shape index (κ3) is 2.92. The van der Waals surface area contributed by atoms with Gasteiger partial charge in [-0.05, 0) is 58.5 Å². The average molecular weight is 392 g/mol. The van der Waals surface area contributed by atoms with E-state index in [1.165, 1.54) is 0 Å². The van der Waals surface area contributed by atoms with Gasteiger partial charge in [0.1, 0.15) is 5.75 Å². The van der Waals surface area contributed by atoms with Gasteiger partial charge in [-0.2, -0.15) is 0 Å². The highest BCUT2D eigenvalue weighted by Gasteiger charge is 2.05. The molecule has 1 heterocycles. The Labute approximate surface area is 135 Å². The number of benzene rings is 2. The molecule has 0 aliphatic heterocycles. The Morgan fingerprint density at radius 1 is 1.19 bits per heavy atom. The van der Waals surface area contributed by atoms with E-state index in [-0.39, 0.29) is 5.56 Å². The van der Waals surface area contributed by atoms with Crippen molar-refractivity contribution in [3.63, 3.8) is 0 Å². The molecule has 0 aliphatic carbocycles. The van der Waals surface area contributed by atoms with Gasteiger partial charge in [0.15, 0.2) is 0 Å². The Kier molecular flexibility index (Phi) is 3.92. The van der Waals surface area contributed by atoms with Gasteiger partial charge in [0.25, 0.3) is 5.56 Å². The SMILES string of the molecule is COc1ccc(Cn2cnc3ccc(I)cc3c2=O)cc1. The highest BCUT2D eigenvalue weighted by molar-refractivity contribution is 14.1. The van der Waals surface area contributed by atoms with Gasteiger partial charge in [0.2, 0.25) is 0 Å². The van der Waals surface area contributed by atoms with Gasteiger partial charge in [0.05, 0.1) is 30.9 Å². The van der Waals surface area contributed by atoms with E-state index in [9.17, 15) is 4.79 Å². The van der Waals surface area contributed by atoms with Gasteiger partial charge in [-0.15, -0.1) is 0 Å². The Morgan fingerprint density at radius 2 is 1.95 bits per heavy atom. The van der Waals surface area contributed by atoms with Crippen LogP contribution in [0, 0.1) is 3.57 Å². The minimum Gasteiger partial charge on any atom is -0.497 e. The quantitative estimate of drug-likeness (QED) is 0.644. The van der Waals surface area contributed by atoms with Crippen LogP contribution in [-0.2, 0) is 6.54 Å². The summed E-state index contributed by atoms with van der Waals surface area (Å²) in [6.07, 6.45) is 1.60. The second-order valence-electron chi connectivity index (χ2n) is 4.69. The second-order valence-corrected chi connectivity index (χ2v) is 5.93. The molecule has 2 aromatic carbocycles. The predicted molar refractivity (Wildman–Crippen MR) is 90.8 cm³/mol. The lowest BCUT2D eigenvalue weighted by molar-refractivity contribution is 0.414. The number of nitrogens with zero attached hydrogens (tertiary/aromatic N) is 2. The molecule has 21 heavy (non-hydrogen) atoms. The summed E-state index contributed by atoms with van der Waals surface area (Å²) in [7, 11) is 1.63. The molecule has 5 heteroatoms. The summed E-state index contributed by atoms with van der Waals surface area (Å²) >= 11 is 2.20. The molecule has 0 fully saturated rings. The molecule has 0 spiro atoms. The minimum atomic E-state index is -0.0191. The van der Waals surface area contributed by atoms with E-state index < -0.39 is 0 Å². The zero-order chi connectivity index (χ0) is 14.8. The van der Waals surface area contributed by atoms with Gasteiger partial charge >= 0.3 is 0 Å². The monoisotopic (exact) mass is 392 g/mol. The van der Waals surface area contributed by atoms with Crippen LogP contribution in [0.2, 0.25) is 0 Å². The van der Waals surface area contributed by atoms with Crippen molar-refractivity contribution in [2.75, 3.05) is 7.11 Å². The first-order valence-electron chi connectivity index (χ1n) is 6.45. The van der Waals surface area contributed by atoms with Crippen molar-refractivity contribution >= 4 is 33.5 Å². The maximum absolute atomic E-state index is 12.5. The average Bonchev–Trinajstić information content (AvgIpc) is 2.51. The maximum atomic E-state index is 12.5. The van der Waals surface area contributed by atoms with Crippen molar-refractivity contribution in [1.82, 2.24) is 9.55 Å². The molecule has 0 unspecified atom stereocenters. The molecular formula is C16H13IN2O2. The summed E-state index contributed by atoms with van der Waals surface area (Å²) < 4.78 is 7.79. The van der Waals surface area contributed by atoms with Crippen LogP contribution < -0.4 is 10.3 Å². The fourth-order valence-corrected chi connectivity index (χ4v) is 2.66. The van der Waals surface area contributed by atoms with E-state index in [0.29, 0.717) is 11.9 Å². The highest BCUT2D eigenvalue weighted by Crippen LogP contribution is 2.14. The van der Waals surface area contributed by atoms with E-state index in [4.69, 9.17) is 4.74 Å². The van der Waals surface area contributed by atoms with Crippen molar-refractivity contribution < 1.29 is 4.74 Å². The molecule has 0 bridgehead atoms. The van der Waals surface area contributed by atoms with Gasteiger partial charge in [-0.25, -0.2) is 4.98 Å². The molecule has 1 aromatic heterocycles. The van der Waals surface area contributed by atoms with Crippen molar-refractivity contribution in [3.8, 4) is 5.75 Å². The Balaban J connectivity index is 2.00. The van der Waals surface area contributed by atoms with Crippen molar-refractivity contribution in [2.45, 2.75) is 6.54 Å². The van der Waals surface area contributed by atoms with Crippen molar-refractivity contribution in [3.05, 3.63) is 68.3 Å². The molecule has 0 saturated carbocycles. The van der Waals surface area contributed by atoms with E-state index in [1.54, 1.807) is 18.0 Å². The lowest BCUT2D eigenvalue weighted by Crippen LogP contribution is -2.21. The third-order valence-electron chi connectivity index (χ3n) is 3.30. The van der Waals surface area contributed by atoms with Crippen LogP contribution in [-0.4, -0.2) is 16.7 Å². The van der Waals surface area contributed by atoms with Crippen LogP contribution >= 0.6 is 22.6 Å². The Hall–Kier alpha value is -1.89. The summed E-state index contributed by atoms with van der Waals surface area (Å²) in [6.45, 7) is 0.497. The van der Waals surface area contributed by atoms with Crippen LogP contribution in [0.25, 0.3) is 10.9 Å². The topological polar surface area (TPSA) is 44.1 Å². The molecular weight excluding hydrogens is 379 g/mol. The Bertz CT molecular complexity index is 841. The number of hydrogen-bond donors (Lipinski definition) is 0. The van der Waals surface area contributed by atoms with Gasteiger partial charge in [-0.1, -0.05) is 12.1 Å². The molecule has 3 aromatic rings. The van der Waals surface area contributed by atoms with Crippen molar-refractivity contribution in [1.29, 1.82) is 0 Å². The van der Waals surface area contributed by atoms with Gasteiger partial charge in [-0.3, -0.25) is 9.36 Å². The lowest BCUT2D eigenvalue weighted by atomic mass is 10.2. The zero-order valence-electron chi connectivity index (χ0n) is 11.4. The molecule has 4 nitrogen and oxygen atoms in total. The number of methoxy groups -OCH3 is 1. The summed E-state index contributed by atoms with van der Waals surface area (Å²) in [4.78, 5) is 16.9. The number of ether oxygens (including phenoxy) is 1. The first-order valence-corrected chi connectivity index (χ1v) is 7.53. The molecule has 106 valence electrons. The molecule has 0 radical (unpaired) electrons. The lowest BCUT2D eigenvalue weighted by Gasteiger charge is -2.08. The third-order valence-corrected chi connectivity index (χ3v) is 3.97. The fraction of sp³-hybridized carbons (Fsp3) is 0.125. The Morgan fingerprint density at radius 3 is 2.67 bits per heavy atom. The number of aromatic nitrogens is 2. The van der Waals surface area contributed by atoms with Crippen LogP contribution in [0.3, 0.4) is 0 Å². The first kappa shape index (κ1) is 14.1. The molecule has 0 amide bonds. The maximum Gasteiger partial charge on any atom is 0.261 e. The van der Waals surface area contributed by atoms with Crippen LogP contribution in [0.5, 0.6) is 5.75 Å². The summed E-state index contributed by atoms with van der Waals surface area (Å²) in [5.74, 6) is 0.803. The molecule has 0 N–H and O–H groups in total. The molecule has 3 rings (SSSR count). The summed E-state index contributed by atoms with van der Waals surface area (Å²) in [6, 6.07) is 13.4. The highest BCUT2D eigenvalue weighted by atomic mass is 127. The molecule has 0 aliphatic rings. The predicted octanol–water partition coefficient (Wildman–Crippen LogP) is 3.06. The number of rotatable bonds is 3.